The molecule has 0 spiro atoms. The Morgan fingerprint density at radius 3 is 2.48 bits per heavy atom. The molecule has 0 unspecified atom stereocenters. The smallest absolute Gasteiger partial charge is 0.329 e. The van der Waals surface area contributed by atoms with E-state index in [-0.39, 0.29) is 6.03 Å². The molecular formula is C16H22N2O3. The highest BCUT2D eigenvalue weighted by Crippen LogP contribution is 2.30. The maximum atomic E-state index is 12.3. The molecule has 0 bridgehead atoms. The van der Waals surface area contributed by atoms with Crippen molar-refractivity contribution in [3.63, 3.8) is 0 Å². The van der Waals surface area contributed by atoms with E-state index >= 15 is 0 Å². The molecule has 5 heteroatoms. The Hall–Kier alpha value is -2.04. The Balaban J connectivity index is 2.03. The summed E-state index contributed by atoms with van der Waals surface area (Å²) in [6.07, 6.45) is 2.70. The standard InChI is InChI=1S/C16H22N2O3/c1-12-7-3-4-8-13(12)11-18(2)15(21)17-16(14(19)20)9-5-6-10-16/h3-4,7-8H,5-6,9-11H2,1-2H3,(H,17,21)(H,19,20). The maximum absolute atomic E-state index is 12.3. The first-order chi connectivity index (χ1) is 9.94. The average molecular weight is 290 g/mol. The second-order valence-corrected chi connectivity index (χ2v) is 5.81. The Bertz CT molecular complexity index is 536. The van der Waals surface area contributed by atoms with Crippen LogP contribution in [0.4, 0.5) is 4.79 Å². The first-order valence-corrected chi connectivity index (χ1v) is 7.26. The lowest BCUT2D eigenvalue weighted by molar-refractivity contribution is -0.144. The number of hydrogen-bond acceptors (Lipinski definition) is 2. The van der Waals surface area contributed by atoms with Crippen LogP contribution in [0.15, 0.2) is 24.3 Å². The fourth-order valence-electron chi connectivity index (χ4n) is 2.79. The first-order valence-electron chi connectivity index (χ1n) is 7.26. The van der Waals surface area contributed by atoms with Crippen LogP contribution >= 0.6 is 0 Å². The van der Waals surface area contributed by atoms with Crippen molar-refractivity contribution in [2.45, 2.75) is 44.7 Å². The van der Waals surface area contributed by atoms with Gasteiger partial charge in [-0.25, -0.2) is 9.59 Å². The largest absolute Gasteiger partial charge is 0.480 e. The van der Waals surface area contributed by atoms with Crippen molar-refractivity contribution >= 4 is 12.0 Å². The molecule has 21 heavy (non-hydrogen) atoms. The summed E-state index contributed by atoms with van der Waals surface area (Å²) in [5, 5.41) is 12.1. The zero-order chi connectivity index (χ0) is 15.5. The summed E-state index contributed by atoms with van der Waals surface area (Å²) < 4.78 is 0. The van der Waals surface area contributed by atoms with Gasteiger partial charge in [0.15, 0.2) is 0 Å². The van der Waals surface area contributed by atoms with Crippen LogP contribution < -0.4 is 5.32 Å². The number of hydrogen-bond donors (Lipinski definition) is 2. The summed E-state index contributed by atoms with van der Waals surface area (Å²) in [5.74, 6) is -0.933. The predicted octanol–water partition coefficient (Wildman–Crippen LogP) is 2.53. The van der Waals surface area contributed by atoms with Crippen LogP contribution in [-0.4, -0.2) is 34.6 Å². The molecule has 0 aromatic heterocycles. The molecular weight excluding hydrogens is 268 g/mol. The molecule has 0 atom stereocenters. The molecule has 0 radical (unpaired) electrons. The lowest BCUT2D eigenvalue weighted by atomic mass is 9.98. The number of urea groups is 1. The SMILES string of the molecule is Cc1ccccc1CN(C)C(=O)NC1(C(=O)O)CCCC1. The highest BCUT2D eigenvalue weighted by Gasteiger charge is 2.43. The number of nitrogens with zero attached hydrogens (tertiary/aromatic N) is 1. The van der Waals surface area contributed by atoms with E-state index in [0.29, 0.717) is 19.4 Å². The van der Waals surface area contributed by atoms with Crippen LogP contribution in [0, 0.1) is 6.92 Å². The van der Waals surface area contributed by atoms with Gasteiger partial charge in [-0.15, -0.1) is 0 Å². The molecule has 1 aromatic carbocycles. The predicted molar refractivity (Wildman–Crippen MR) is 80.0 cm³/mol. The number of aliphatic carboxylic acids is 1. The first kappa shape index (κ1) is 15.4. The van der Waals surface area contributed by atoms with E-state index in [9.17, 15) is 14.7 Å². The fourth-order valence-corrected chi connectivity index (χ4v) is 2.79. The van der Waals surface area contributed by atoms with Crippen molar-refractivity contribution < 1.29 is 14.7 Å². The van der Waals surface area contributed by atoms with Crippen LogP contribution in [0.5, 0.6) is 0 Å². The second kappa shape index (κ2) is 6.16. The number of carbonyl (C=O) groups is 2. The quantitative estimate of drug-likeness (QED) is 0.895. The summed E-state index contributed by atoms with van der Waals surface area (Å²) in [5.41, 5.74) is 1.09. The minimum Gasteiger partial charge on any atom is -0.480 e. The van der Waals surface area contributed by atoms with Gasteiger partial charge < -0.3 is 15.3 Å². The molecule has 114 valence electrons. The van der Waals surface area contributed by atoms with Gasteiger partial charge in [-0.2, -0.15) is 0 Å². The molecule has 1 aliphatic carbocycles. The third-order valence-electron chi connectivity index (χ3n) is 4.23. The van der Waals surface area contributed by atoms with E-state index in [1.165, 1.54) is 4.90 Å². The van der Waals surface area contributed by atoms with Gasteiger partial charge in [0.25, 0.3) is 0 Å². The molecule has 0 saturated heterocycles. The number of carboxylic acid groups (broad SMARTS) is 1. The van der Waals surface area contributed by atoms with Crippen LogP contribution in [0.2, 0.25) is 0 Å². The molecule has 1 aliphatic rings. The number of amides is 2. The Morgan fingerprint density at radius 1 is 1.29 bits per heavy atom. The van der Waals surface area contributed by atoms with Gasteiger partial charge in [0.2, 0.25) is 0 Å². The monoisotopic (exact) mass is 290 g/mol. The Labute approximate surface area is 125 Å². The molecule has 1 fully saturated rings. The molecule has 1 saturated carbocycles. The van der Waals surface area contributed by atoms with Crippen molar-refractivity contribution in [1.82, 2.24) is 10.2 Å². The summed E-state index contributed by atoms with van der Waals surface area (Å²) >= 11 is 0. The fraction of sp³-hybridized carbons (Fsp3) is 0.500. The topological polar surface area (TPSA) is 69.6 Å². The van der Waals surface area contributed by atoms with E-state index < -0.39 is 11.5 Å². The van der Waals surface area contributed by atoms with E-state index in [1.54, 1.807) is 7.05 Å². The van der Waals surface area contributed by atoms with E-state index in [0.717, 1.165) is 24.0 Å². The van der Waals surface area contributed by atoms with Gasteiger partial charge in [-0.3, -0.25) is 0 Å². The van der Waals surface area contributed by atoms with Gasteiger partial charge in [0, 0.05) is 13.6 Å². The lowest BCUT2D eigenvalue weighted by Gasteiger charge is -2.28. The summed E-state index contributed by atoms with van der Waals surface area (Å²) in [6, 6.07) is 7.53. The van der Waals surface area contributed by atoms with Gasteiger partial charge in [-0.05, 0) is 30.9 Å². The van der Waals surface area contributed by atoms with Gasteiger partial charge in [0.1, 0.15) is 5.54 Å². The molecule has 2 amide bonds. The zero-order valence-corrected chi connectivity index (χ0v) is 12.6. The maximum Gasteiger partial charge on any atom is 0.329 e. The van der Waals surface area contributed by atoms with Gasteiger partial charge >= 0.3 is 12.0 Å². The average Bonchev–Trinajstić information content (AvgIpc) is 2.91. The number of rotatable bonds is 4. The molecule has 2 N–H and O–H groups in total. The molecule has 1 aromatic rings. The third-order valence-corrected chi connectivity index (χ3v) is 4.23. The normalized spacial score (nSPS) is 16.5. The third kappa shape index (κ3) is 3.35. The van der Waals surface area contributed by atoms with E-state index in [4.69, 9.17) is 0 Å². The number of carboxylic acids is 1. The van der Waals surface area contributed by atoms with E-state index in [2.05, 4.69) is 5.32 Å². The molecule has 2 rings (SSSR count). The Morgan fingerprint density at radius 2 is 1.90 bits per heavy atom. The van der Waals surface area contributed by atoms with E-state index in [1.807, 2.05) is 31.2 Å². The lowest BCUT2D eigenvalue weighted by Crippen LogP contribution is -2.55. The summed E-state index contributed by atoms with van der Waals surface area (Å²) in [4.78, 5) is 25.3. The Kier molecular flexibility index (Phi) is 4.50. The number of aryl methyl sites for hydroxylation is 1. The van der Waals surface area contributed by atoms with Crippen LogP contribution in [0.25, 0.3) is 0 Å². The highest BCUT2D eigenvalue weighted by atomic mass is 16.4. The minimum atomic E-state index is -1.09. The van der Waals surface area contributed by atoms with Crippen LogP contribution in [0.3, 0.4) is 0 Å². The van der Waals surface area contributed by atoms with Crippen molar-refractivity contribution in [1.29, 1.82) is 0 Å². The van der Waals surface area contributed by atoms with Crippen LogP contribution in [0.1, 0.15) is 36.8 Å². The van der Waals surface area contributed by atoms with Crippen molar-refractivity contribution in [3.05, 3.63) is 35.4 Å². The zero-order valence-electron chi connectivity index (χ0n) is 12.6. The van der Waals surface area contributed by atoms with Crippen molar-refractivity contribution in [3.8, 4) is 0 Å². The molecule has 0 heterocycles. The number of benzene rings is 1. The number of carbonyl (C=O) groups excluding carboxylic acids is 1. The van der Waals surface area contributed by atoms with Crippen LogP contribution in [-0.2, 0) is 11.3 Å². The number of nitrogens with one attached hydrogen (secondary N) is 1. The van der Waals surface area contributed by atoms with Gasteiger partial charge in [0.05, 0.1) is 0 Å². The molecule has 5 nitrogen and oxygen atoms in total. The summed E-state index contributed by atoms with van der Waals surface area (Å²) in [6.45, 7) is 2.46. The van der Waals surface area contributed by atoms with Crippen molar-refractivity contribution in [2.24, 2.45) is 0 Å². The van der Waals surface area contributed by atoms with Gasteiger partial charge in [-0.1, -0.05) is 37.1 Å². The van der Waals surface area contributed by atoms with Crippen molar-refractivity contribution in [2.75, 3.05) is 7.05 Å². The highest BCUT2D eigenvalue weighted by molar-refractivity contribution is 5.86. The summed E-state index contributed by atoms with van der Waals surface area (Å²) in [7, 11) is 1.69. The molecule has 0 aliphatic heterocycles. The second-order valence-electron chi connectivity index (χ2n) is 5.81. The minimum absolute atomic E-state index is 0.331.